The van der Waals surface area contributed by atoms with Crippen LogP contribution in [0.4, 0.5) is 0 Å². The van der Waals surface area contributed by atoms with E-state index in [1.54, 1.807) is 24.3 Å². The van der Waals surface area contributed by atoms with Crippen LogP contribution >= 0.6 is 0 Å². The average Bonchev–Trinajstić information content (AvgIpc) is 3.26. The maximum Gasteiger partial charge on any atom is 0.240 e. The van der Waals surface area contributed by atoms with E-state index in [1.807, 2.05) is 35.2 Å². The Bertz CT molecular complexity index is 1190. The first-order valence-electron chi connectivity index (χ1n) is 11.8. The van der Waals surface area contributed by atoms with Gasteiger partial charge in [0.1, 0.15) is 11.6 Å². The highest BCUT2D eigenvalue weighted by atomic mass is 16.3. The monoisotopic (exact) mass is 454 g/mol. The van der Waals surface area contributed by atoms with Crippen LogP contribution < -0.4 is 11.1 Å². The van der Waals surface area contributed by atoms with Crippen molar-refractivity contribution >= 4 is 11.7 Å². The van der Waals surface area contributed by atoms with Crippen molar-refractivity contribution in [3.05, 3.63) is 101 Å². The van der Waals surface area contributed by atoms with Gasteiger partial charge in [-0.3, -0.25) is 9.79 Å². The zero-order valence-electron chi connectivity index (χ0n) is 19.3. The molecule has 2 aliphatic heterocycles. The van der Waals surface area contributed by atoms with Crippen LogP contribution in [0.3, 0.4) is 0 Å². The lowest BCUT2D eigenvalue weighted by molar-refractivity contribution is -0.134. The number of nitrogens with two attached hydrogens (primary N) is 1. The number of amidine groups is 1. The van der Waals surface area contributed by atoms with Crippen LogP contribution in [0.2, 0.25) is 0 Å². The molecule has 2 unspecified atom stereocenters. The van der Waals surface area contributed by atoms with Crippen molar-refractivity contribution in [1.82, 2.24) is 10.2 Å². The highest BCUT2D eigenvalue weighted by Crippen LogP contribution is 2.30. The molecule has 0 bridgehead atoms. The van der Waals surface area contributed by atoms with Gasteiger partial charge in [0.05, 0.1) is 24.2 Å². The Labute approximate surface area is 200 Å². The highest BCUT2D eigenvalue weighted by Gasteiger charge is 2.39. The number of aromatic hydroxyl groups is 1. The van der Waals surface area contributed by atoms with Gasteiger partial charge < -0.3 is 21.1 Å². The van der Waals surface area contributed by atoms with E-state index >= 15 is 0 Å². The molecular formula is C28H30N4O2. The molecule has 174 valence electrons. The highest BCUT2D eigenvalue weighted by molar-refractivity contribution is 5.95. The van der Waals surface area contributed by atoms with Crippen molar-refractivity contribution in [1.29, 1.82) is 0 Å². The van der Waals surface area contributed by atoms with E-state index in [0.717, 1.165) is 22.5 Å². The van der Waals surface area contributed by atoms with E-state index in [1.165, 1.54) is 5.56 Å². The fourth-order valence-electron chi connectivity index (χ4n) is 4.99. The van der Waals surface area contributed by atoms with Crippen molar-refractivity contribution in [3.63, 3.8) is 0 Å². The van der Waals surface area contributed by atoms with Crippen LogP contribution in [0.25, 0.3) is 0 Å². The molecule has 0 saturated carbocycles. The number of phenols is 1. The average molecular weight is 455 g/mol. The molecule has 0 spiro atoms. The molecule has 2 aliphatic rings. The molecule has 4 atom stereocenters. The molecule has 3 aromatic carbocycles. The smallest absolute Gasteiger partial charge is 0.240 e. The third-order valence-electron chi connectivity index (χ3n) is 6.82. The van der Waals surface area contributed by atoms with Gasteiger partial charge in [0, 0.05) is 13.0 Å². The predicted molar refractivity (Wildman–Crippen MR) is 133 cm³/mol. The first kappa shape index (κ1) is 22.2. The topological polar surface area (TPSA) is 91.0 Å². The Kier molecular flexibility index (Phi) is 6.07. The first-order valence-corrected chi connectivity index (χ1v) is 11.8. The summed E-state index contributed by atoms with van der Waals surface area (Å²) in [6, 6.07) is 24.7. The molecule has 2 heterocycles. The minimum Gasteiger partial charge on any atom is -0.508 e. The lowest BCUT2D eigenvalue weighted by Crippen LogP contribution is -2.56. The van der Waals surface area contributed by atoms with Crippen LogP contribution in [0.15, 0.2) is 83.9 Å². The molecule has 0 fully saturated rings. The van der Waals surface area contributed by atoms with E-state index in [9.17, 15) is 9.90 Å². The van der Waals surface area contributed by atoms with E-state index in [0.29, 0.717) is 19.4 Å². The summed E-state index contributed by atoms with van der Waals surface area (Å²) in [6.07, 6.45) is 1.11. The lowest BCUT2D eigenvalue weighted by Gasteiger charge is -2.38. The third kappa shape index (κ3) is 4.41. The van der Waals surface area contributed by atoms with Gasteiger partial charge in [-0.2, -0.15) is 0 Å². The number of nitrogens with zero attached hydrogens (tertiary/aromatic N) is 2. The van der Waals surface area contributed by atoms with Crippen LogP contribution in [-0.4, -0.2) is 39.9 Å². The summed E-state index contributed by atoms with van der Waals surface area (Å²) in [7, 11) is 0. The van der Waals surface area contributed by atoms with Crippen molar-refractivity contribution in [2.75, 3.05) is 0 Å². The molecule has 34 heavy (non-hydrogen) atoms. The summed E-state index contributed by atoms with van der Waals surface area (Å²) >= 11 is 0. The van der Waals surface area contributed by atoms with Gasteiger partial charge in [0.25, 0.3) is 0 Å². The number of benzene rings is 3. The fourth-order valence-corrected chi connectivity index (χ4v) is 4.99. The zero-order chi connectivity index (χ0) is 23.7. The van der Waals surface area contributed by atoms with E-state index < -0.39 is 6.04 Å². The van der Waals surface area contributed by atoms with Crippen LogP contribution in [-0.2, 0) is 24.2 Å². The Hall–Kier alpha value is -3.64. The van der Waals surface area contributed by atoms with E-state index in [-0.39, 0.29) is 29.8 Å². The molecule has 3 aromatic rings. The fraction of sp³-hybridized carbons (Fsp3) is 0.286. The maximum absolute atomic E-state index is 13.6. The van der Waals surface area contributed by atoms with Crippen LogP contribution in [0, 0.1) is 0 Å². The molecule has 0 aromatic heterocycles. The molecule has 6 nitrogen and oxygen atoms in total. The largest absolute Gasteiger partial charge is 0.508 e. The number of phenolic OH excluding ortho intramolecular Hbond substituents is 1. The lowest BCUT2D eigenvalue weighted by atomic mass is 9.92. The minimum atomic E-state index is -0.679. The van der Waals surface area contributed by atoms with E-state index in [4.69, 9.17) is 10.7 Å². The second-order valence-electron chi connectivity index (χ2n) is 9.23. The Morgan fingerprint density at radius 2 is 1.74 bits per heavy atom. The summed E-state index contributed by atoms with van der Waals surface area (Å²) in [4.78, 5) is 20.6. The molecule has 5 rings (SSSR count). The summed E-state index contributed by atoms with van der Waals surface area (Å²) in [5.74, 6) is 0.956. The number of carbonyl (C=O) groups is 1. The number of amides is 1. The number of aliphatic imine (C=N–C) groups is 1. The quantitative estimate of drug-likeness (QED) is 0.551. The zero-order valence-corrected chi connectivity index (χ0v) is 19.3. The summed E-state index contributed by atoms with van der Waals surface area (Å²) in [5.41, 5.74) is 10.9. The SMILES string of the molecule is CC1NC([C@@H]2Cc3ccccc3CN2C(=O)[C@@H](N)Cc2ccc(O)cc2)=NC1c1ccccc1. The second-order valence-corrected chi connectivity index (χ2v) is 9.23. The normalized spacial score (nSPS) is 22.5. The van der Waals surface area contributed by atoms with Crippen molar-refractivity contribution in [3.8, 4) is 5.75 Å². The number of hydrogen-bond acceptors (Lipinski definition) is 5. The van der Waals surface area contributed by atoms with Gasteiger partial charge in [-0.1, -0.05) is 66.7 Å². The van der Waals surface area contributed by atoms with E-state index in [2.05, 4.69) is 36.5 Å². The van der Waals surface area contributed by atoms with Gasteiger partial charge >= 0.3 is 0 Å². The maximum atomic E-state index is 13.6. The molecule has 4 N–H and O–H groups in total. The molecule has 6 heteroatoms. The van der Waals surface area contributed by atoms with Crippen molar-refractivity contribution < 1.29 is 9.90 Å². The minimum absolute atomic E-state index is 0.0102. The number of hydrogen-bond donors (Lipinski definition) is 3. The van der Waals surface area contributed by atoms with Crippen molar-refractivity contribution in [2.24, 2.45) is 10.7 Å². The second kappa shape index (κ2) is 9.31. The van der Waals surface area contributed by atoms with Gasteiger partial charge in [0.15, 0.2) is 0 Å². The standard InChI is InChI=1S/C28H30N4O2/c1-18-26(20-7-3-2-4-8-20)31-27(30-18)25-16-21-9-5-6-10-22(21)17-32(25)28(34)24(29)15-19-11-13-23(33)14-12-19/h2-14,18,24-26,33H,15-17,29H2,1H3,(H,30,31)/t18?,24-,25-,26?/m0/s1. The van der Waals surface area contributed by atoms with Gasteiger partial charge in [-0.15, -0.1) is 0 Å². The van der Waals surface area contributed by atoms with Crippen LogP contribution in [0.5, 0.6) is 5.75 Å². The molecule has 0 saturated heterocycles. The number of nitrogens with one attached hydrogen (secondary N) is 1. The summed E-state index contributed by atoms with van der Waals surface area (Å²) in [6.45, 7) is 2.64. The summed E-state index contributed by atoms with van der Waals surface area (Å²) in [5, 5.41) is 13.1. The molecule has 0 radical (unpaired) electrons. The Morgan fingerprint density at radius 3 is 2.47 bits per heavy atom. The van der Waals surface area contributed by atoms with Crippen molar-refractivity contribution in [2.45, 2.75) is 50.5 Å². The molecule has 0 aliphatic carbocycles. The Morgan fingerprint density at radius 1 is 1.06 bits per heavy atom. The number of rotatable bonds is 5. The Balaban J connectivity index is 1.43. The predicted octanol–water partition coefficient (Wildman–Crippen LogP) is 3.35. The van der Waals surface area contributed by atoms with Gasteiger partial charge in [0.2, 0.25) is 5.91 Å². The number of fused-ring (bicyclic) bond motifs is 1. The molecular weight excluding hydrogens is 424 g/mol. The van der Waals surface area contributed by atoms with Gasteiger partial charge in [-0.05, 0) is 47.7 Å². The number of carbonyl (C=O) groups excluding carboxylic acids is 1. The van der Waals surface area contributed by atoms with Crippen LogP contribution in [0.1, 0.15) is 35.2 Å². The van der Waals surface area contributed by atoms with Gasteiger partial charge in [-0.25, -0.2) is 0 Å². The molecule has 1 amide bonds. The first-order chi connectivity index (χ1) is 16.5. The third-order valence-corrected chi connectivity index (χ3v) is 6.82. The summed E-state index contributed by atoms with van der Waals surface area (Å²) < 4.78 is 0.